The van der Waals surface area contributed by atoms with Crippen LogP contribution in [0.5, 0.6) is 0 Å². The van der Waals surface area contributed by atoms with Crippen molar-refractivity contribution < 1.29 is 19.7 Å². The predicted octanol–water partition coefficient (Wildman–Crippen LogP) is -1.46. The van der Waals surface area contributed by atoms with Crippen LogP contribution in [0.2, 0.25) is 16.0 Å². The summed E-state index contributed by atoms with van der Waals surface area (Å²) < 4.78 is 7.51. The number of ether oxygens (including phenoxy) is 1. The van der Waals surface area contributed by atoms with Crippen LogP contribution in [-0.4, -0.2) is 92.9 Å². The standard InChI is InChI=1S/C19H29N8O4Se/c1-4-6-32(7-5-10(20)17(30)26(2)3)8-11-13(28)14(29)18(31-11)27-9-23-12-15(21)24-19(22)25-16(12)27/h1,9-11,13-14,18,28-29H,5-8,20H2,2-3H3,(H4,21,22,24,25)/q+1/t10?,11-,13-,14-,18-,32?/m1/s1. The number of nitrogen functional groups attached to an aromatic ring is 2. The van der Waals surface area contributed by atoms with Crippen molar-refractivity contribution in [1.29, 1.82) is 0 Å². The first-order chi connectivity index (χ1) is 15.1. The third-order valence-electron chi connectivity index (χ3n) is 5.24. The number of rotatable bonds is 8. The quantitative estimate of drug-likeness (QED) is 0.206. The molecule has 8 N–H and O–H groups in total. The van der Waals surface area contributed by atoms with E-state index in [1.165, 1.54) is 15.8 Å². The Morgan fingerprint density at radius 3 is 2.75 bits per heavy atom. The Bertz CT molecular complexity index is 1010. The first-order valence-corrected chi connectivity index (χ1v) is 13.6. The van der Waals surface area contributed by atoms with Crippen molar-refractivity contribution in [2.24, 2.45) is 5.73 Å². The minimum absolute atomic E-state index is 0.0364. The van der Waals surface area contributed by atoms with Crippen molar-refractivity contribution in [3.8, 4) is 12.3 Å². The minimum atomic E-state index is -1.47. The van der Waals surface area contributed by atoms with Crippen molar-refractivity contribution in [3.63, 3.8) is 0 Å². The van der Waals surface area contributed by atoms with Crippen molar-refractivity contribution >= 4 is 42.7 Å². The molecule has 0 spiro atoms. The molecule has 13 heteroatoms. The molecular weight excluding hydrogens is 483 g/mol. The fourth-order valence-electron chi connectivity index (χ4n) is 3.55. The summed E-state index contributed by atoms with van der Waals surface area (Å²) in [5, 5.41) is 23.1. The first kappa shape index (κ1) is 24.2. The van der Waals surface area contributed by atoms with Gasteiger partial charge < -0.3 is 0 Å². The molecule has 1 aliphatic heterocycles. The zero-order chi connectivity index (χ0) is 23.6. The molecule has 0 aliphatic carbocycles. The summed E-state index contributed by atoms with van der Waals surface area (Å²) in [7, 11) is 3.32. The number of fused-ring (bicyclic) bond motifs is 1. The number of aliphatic hydroxyl groups excluding tert-OH is 2. The summed E-state index contributed by atoms with van der Waals surface area (Å²) in [6.45, 7) is 0. The van der Waals surface area contributed by atoms with E-state index in [2.05, 4.69) is 20.9 Å². The first-order valence-electron chi connectivity index (χ1n) is 9.95. The van der Waals surface area contributed by atoms with E-state index in [-0.39, 0.29) is 17.7 Å². The average molecular weight is 512 g/mol. The van der Waals surface area contributed by atoms with Gasteiger partial charge in [-0.2, -0.15) is 0 Å². The van der Waals surface area contributed by atoms with Gasteiger partial charge in [-0.05, 0) is 0 Å². The average Bonchev–Trinajstić information content (AvgIpc) is 3.27. The molecule has 1 saturated heterocycles. The van der Waals surface area contributed by atoms with Crippen LogP contribution in [0.15, 0.2) is 6.33 Å². The van der Waals surface area contributed by atoms with E-state index in [1.54, 1.807) is 14.1 Å². The van der Waals surface area contributed by atoms with Gasteiger partial charge in [-0.3, -0.25) is 0 Å². The molecule has 0 saturated carbocycles. The third kappa shape index (κ3) is 4.96. The van der Waals surface area contributed by atoms with Crippen LogP contribution >= 0.6 is 0 Å². The van der Waals surface area contributed by atoms with Crippen molar-refractivity contribution in [2.75, 3.05) is 25.6 Å². The number of hydrogen-bond donors (Lipinski definition) is 5. The van der Waals surface area contributed by atoms with Crippen molar-refractivity contribution in [3.05, 3.63) is 6.33 Å². The number of terminal acetylenes is 1. The molecule has 2 aromatic rings. The fraction of sp³-hybridized carbons (Fsp3) is 0.579. The van der Waals surface area contributed by atoms with E-state index >= 15 is 0 Å². The Balaban J connectivity index is 1.72. The van der Waals surface area contributed by atoms with Crippen LogP contribution < -0.4 is 17.2 Å². The Kier molecular flexibility index (Phi) is 7.55. The van der Waals surface area contributed by atoms with Crippen LogP contribution in [0.4, 0.5) is 11.8 Å². The number of aliphatic hydroxyl groups is 2. The summed E-state index contributed by atoms with van der Waals surface area (Å²) in [6, 6.07) is -0.602. The summed E-state index contributed by atoms with van der Waals surface area (Å²) in [5.41, 5.74) is 18.2. The number of nitrogens with zero attached hydrogens (tertiary/aromatic N) is 5. The van der Waals surface area contributed by atoms with Crippen LogP contribution in [0.3, 0.4) is 0 Å². The van der Waals surface area contributed by atoms with Crippen molar-refractivity contribution in [1.82, 2.24) is 24.4 Å². The van der Waals surface area contributed by atoms with Gasteiger partial charge in [-0.15, -0.1) is 0 Å². The Morgan fingerprint density at radius 1 is 1.38 bits per heavy atom. The maximum absolute atomic E-state index is 12.0. The van der Waals surface area contributed by atoms with E-state index in [4.69, 9.17) is 28.4 Å². The molecule has 3 rings (SSSR count). The summed E-state index contributed by atoms with van der Waals surface area (Å²) >= 11 is -1.47. The number of carbonyl (C=O) groups excluding carboxylic acids is 1. The second kappa shape index (κ2) is 9.99. The number of imidazole rings is 1. The molecule has 12 nitrogen and oxygen atoms in total. The van der Waals surface area contributed by atoms with Crippen LogP contribution in [0.1, 0.15) is 12.6 Å². The topological polar surface area (TPSA) is 192 Å². The van der Waals surface area contributed by atoms with Crippen LogP contribution in [0.25, 0.3) is 11.2 Å². The zero-order valence-corrected chi connectivity index (χ0v) is 19.7. The molecule has 1 amide bonds. The number of aromatic nitrogens is 4. The Morgan fingerprint density at radius 2 is 2.09 bits per heavy atom. The maximum atomic E-state index is 12.0. The molecule has 1 fully saturated rings. The number of amides is 1. The van der Waals surface area contributed by atoms with E-state index in [0.717, 1.165) is 0 Å². The number of likely N-dealkylation sites (N-methyl/N-ethyl adjacent to an activating group) is 1. The molecule has 1 aliphatic rings. The van der Waals surface area contributed by atoms with Gasteiger partial charge in [0.25, 0.3) is 0 Å². The molecule has 0 aromatic carbocycles. The number of carbonyl (C=O) groups is 1. The molecule has 3 heterocycles. The summed E-state index contributed by atoms with van der Waals surface area (Å²) in [4.78, 5) is 25.7. The van der Waals surface area contributed by atoms with Gasteiger partial charge in [-0.25, -0.2) is 0 Å². The van der Waals surface area contributed by atoms with Crippen LogP contribution in [0, 0.1) is 12.3 Å². The van der Waals surface area contributed by atoms with E-state index in [1.807, 2.05) is 0 Å². The monoisotopic (exact) mass is 513 g/mol. The summed E-state index contributed by atoms with van der Waals surface area (Å²) in [6.07, 6.45) is 3.55. The molecule has 0 bridgehead atoms. The molecule has 174 valence electrons. The molecule has 2 unspecified atom stereocenters. The van der Waals surface area contributed by atoms with Crippen LogP contribution in [-0.2, 0) is 9.53 Å². The van der Waals surface area contributed by atoms with E-state index in [9.17, 15) is 15.0 Å². The second-order valence-corrected chi connectivity index (χ2v) is 12.5. The van der Waals surface area contributed by atoms with Gasteiger partial charge in [0.15, 0.2) is 0 Å². The van der Waals surface area contributed by atoms with Gasteiger partial charge in [0.1, 0.15) is 0 Å². The van der Waals surface area contributed by atoms with Gasteiger partial charge in [0.05, 0.1) is 0 Å². The Hall–Kier alpha value is -2.46. The molecule has 6 atom stereocenters. The molecule has 32 heavy (non-hydrogen) atoms. The second-order valence-electron chi connectivity index (χ2n) is 7.80. The Labute approximate surface area is 190 Å². The zero-order valence-electron chi connectivity index (χ0n) is 18.0. The summed E-state index contributed by atoms with van der Waals surface area (Å²) in [5.74, 6) is 2.61. The SMILES string of the molecule is C#CC[Se+](CCC(N)C(=O)N(C)C)C[C@H]1O[C@@H](n2cnc3c(N)nc(N)nc32)[C@H](O)[C@@H]1O. The predicted molar refractivity (Wildman–Crippen MR) is 120 cm³/mol. The van der Waals surface area contributed by atoms with Gasteiger partial charge in [0.2, 0.25) is 0 Å². The fourth-order valence-corrected chi connectivity index (χ4v) is 7.73. The third-order valence-corrected chi connectivity index (χ3v) is 9.83. The number of anilines is 2. The molecule has 2 aromatic heterocycles. The van der Waals surface area contributed by atoms with Gasteiger partial charge >= 0.3 is 190 Å². The van der Waals surface area contributed by atoms with E-state index < -0.39 is 44.5 Å². The number of hydrogen-bond acceptors (Lipinski definition) is 10. The molecule has 0 radical (unpaired) electrons. The van der Waals surface area contributed by atoms with Gasteiger partial charge in [0, 0.05) is 0 Å². The van der Waals surface area contributed by atoms with Crippen molar-refractivity contribution in [2.45, 2.75) is 53.0 Å². The van der Waals surface area contributed by atoms with E-state index in [0.29, 0.717) is 33.5 Å². The normalized spacial score (nSPS) is 24.9. The van der Waals surface area contributed by atoms with Gasteiger partial charge in [-0.1, -0.05) is 0 Å². The number of nitrogens with two attached hydrogens (primary N) is 3. The molecular formula is C19H29N8O4Se+.